The van der Waals surface area contributed by atoms with E-state index in [-0.39, 0.29) is 12.4 Å². The molecular weight excluding hydrogens is 269 g/mol. The molecule has 0 amide bonds. The highest BCUT2D eigenvalue weighted by molar-refractivity contribution is 5.61. The number of aliphatic hydroxyl groups excluding tert-OH is 1. The molecule has 1 N–H and O–H groups in total. The van der Waals surface area contributed by atoms with Crippen molar-refractivity contribution in [2.75, 3.05) is 0 Å². The monoisotopic (exact) mass is 291 g/mol. The number of aromatic nitrogens is 3. The number of nitrogens with zero attached hydrogens (tertiary/aromatic N) is 3. The van der Waals surface area contributed by atoms with Crippen LogP contribution in [0.5, 0.6) is 0 Å². The van der Waals surface area contributed by atoms with Gasteiger partial charge in [-0.15, -0.1) is 5.10 Å². The molecule has 2 rings (SSSR count). The maximum Gasteiger partial charge on any atom is 0.123 e. The summed E-state index contributed by atoms with van der Waals surface area (Å²) >= 11 is 0. The van der Waals surface area contributed by atoms with Crippen LogP contribution in [0.1, 0.15) is 44.7 Å². The van der Waals surface area contributed by atoms with Crippen molar-refractivity contribution in [2.45, 2.75) is 52.2 Å². The second kappa shape index (κ2) is 7.88. The third kappa shape index (κ3) is 4.11. The topological polar surface area (TPSA) is 50.9 Å². The van der Waals surface area contributed by atoms with Gasteiger partial charge < -0.3 is 5.11 Å². The van der Waals surface area contributed by atoms with Gasteiger partial charge in [0.2, 0.25) is 0 Å². The first-order valence-corrected chi connectivity index (χ1v) is 7.55. The van der Waals surface area contributed by atoms with Gasteiger partial charge in [0.05, 0.1) is 12.3 Å². The molecule has 0 aliphatic carbocycles. The lowest BCUT2D eigenvalue weighted by atomic mass is 10.1. The summed E-state index contributed by atoms with van der Waals surface area (Å²) in [5.41, 5.74) is 2.15. The molecule has 21 heavy (non-hydrogen) atoms. The number of aliphatic hydroxyl groups is 1. The van der Waals surface area contributed by atoms with Crippen molar-refractivity contribution in [1.82, 2.24) is 15.0 Å². The molecule has 0 bridgehead atoms. The van der Waals surface area contributed by atoms with E-state index in [1.807, 2.05) is 4.68 Å². The molecule has 0 saturated carbocycles. The standard InChI is InChI=1S/C16H22FN3O/c1-2-3-4-5-6-11-20-16(15(12-21)18-19-20)13-7-9-14(17)10-8-13/h7-10,21H,2-6,11-12H2,1H3. The summed E-state index contributed by atoms with van der Waals surface area (Å²) in [7, 11) is 0. The molecule has 1 heterocycles. The molecule has 5 heteroatoms. The van der Waals surface area contributed by atoms with E-state index in [0.29, 0.717) is 5.69 Å². The van der Waals surface area contributed by atoms with Gasteiger partial charge in [-0.1, -0.05) is 37.8 Å². The molecular formula is C16H22FN3O. The van der Waals surface area contributed by atoms with E-state index < -0.39 is 0 Å². The number of unbranched alkanes of at least 4 members (excludes halogenated alkanes) is 4. The second-order valence-electron chi connectivity index (χ2n) is 5.19. The largest absolute Gasteiger partial charge is 0.390 e. The summed E-state index contributed by atoms with van der Waals surface area (Å²) < 4.78 is 14.9. The number of benzene rings is 1. The van der Waals surface area contributed by atoms with Crippen LogP contribution in [0.15, 0.2) is 24.3 Å². The highest BCUT2D eigenvalue weighted by Crippen LogP contribution is 2.23. The first-order valence-electron chi connectivity index (χ1n) is 7.55. The Kier molecular flexibility index (Phi) is 5.87. The number of rotatable bonds is 8. The van der Waals surface area contributed by atoms with Gasteiger partial charge in [-0.3, -0.25) is 0 Å². The van der Waals surface area contributed by atoms with Crippen molar-refractivity contribution >= 4 is 0 Å². The zero-order chi connectivity index (χ0) is 15.1. The zero-order valence-electron chi connectivity index (χ0n) is 12.4. The second-order valence-corrected chi connectivity index (χ2v) is 5.19. The molecule has 0 aliphatic rings. The highest BCUT2D eigenvalue weighted by Gasteiger charge is 2.14. The third-order valence-electron chi connectivity index (χ3n) is 3.55. The van der Waals surface area contributed by atoms with E-state index in [9.17, 15) is 9.50 Å². The van der Waals surface area contributed by atoms with Gasteiger partial charge in [0.15, 0.2) is 0 Å². The third-order valence-corrected chi connectivity index (χ3v) is 3.55. The van der Waals surface area contributed by atoms with Crippen molar-refractivity contribution in [2.24, 2.45) is 0 Å². The van der Waals surface area contributed by atoms with Crippen molar-refractivity contribution < 1.29 is 9.50 Å². The van der Waals surface area contributed by atoms with Gasteiger partial charge in [-0.2, -0.15) is 0 Å². The molecule has 0 radical (unpaired) electrons. The molecule has 0 spiro atoms. The summed E-state index contributed by atoms with van der Waals surface area (Å²) in [5, 5.41) is 17.5. The molecule has 0 aliphatic heterocycles. The smallest absolute Gasteiger partial charge is 0.123 e. The number of halogens is 1. The fraction of sp³-hybridized carbons (Fsp3) is 0.500. The minimum absolute atomic E-state index is 0.164. The van der Waals surface area contributed by atoms with E-state index in [4.69, 9.17) is 0 Å². The minimum atomic E-state index is -0.275. The van der Waals surface area contributed by atoms with Crippen LogP contribution in [0.3, 0.4) is 0 Å². The Balaban J connectivity index is 2.11. The molecule has 114 valence electrons. The van der Waals surface area contributed by atoms with Crippen LogP contribution in [0.25, 0.3) is 11.3 Å². The quantitative estimate of drug-likeness (QED) is 0.757. The van der Waals surface area contributed by atoms with Gasteiger partial charge in [0.25, 0.3) is 0 Å². The maximum atomic E-state index is 13.0. The lowest BCUT2D eigenvalue weighted by Gasteiger charge is -2.08. The van der Waals surface area contributed by atoms with Gasteiger partial charge in [-0.25, -0.2) is 9.07 Å². The molecule has 4 nitrogen and oxygen atoms in total. The summed E-state index contributed by atoms with van der Waals surface area (Å²) in [6.45, 7) is 2.80. The minimum Gasteiger partial charge on any atom is -0.390 e. The molecule has 0 fully saturated rings. The molecule has 0 atom stereocenters. The van der Waals surface area contributed by atoms with Crippen LogP contribution < -0.4 is 0 Å². The van der Waals surface area contributed by atoms with E-state index in [2.05, 4.69) is 17.2 Å². The predicted octanol–water partition coefficient (Wildman–Crippen LogP) is 3.55. The van der Waals surface area contributed by atoms with E-state index in [0.717, 1.165) is 30.6 Å². The molecule has 2 aromatic rings. The molecule has 1 aromatic heterocycles. The van der Waals surface area contributed by atoms with Crippen molar-refractivity contribution in [3.8, 4) is 11.3 Å². The van der Waals surface area contributed by atoms with Crippen LogP contribution in [0.2, 0.25) is 0 Å². The fourth-order valence-corrected chi connectivity index (χ4v) is 2.40. The van der Waals surface area contributed by atoms with Crippen LogP contribution in [0.4, 0.5) is 4.39 Å². The van der Waals surface area contributed by atoms with Crippen LogP contribution in [-0.2, 0) is 13.2 Å². The summed E-state index contributed by atoms with van der Waals surface area (Å²) in [5.74, 6) is -0.275. The lowest BCUT2D eigenvalue weighted by Crippen LogP contribution is -2.03. The summed E-state index contributed by atoms with van der Waals surface area (Å²) in [6, 6.07) is 6.21. The molecule has 0 saturated heterocycles. The van der Waals surface area contributed by atoms with Gasteiger partial charge in [-0.05, 0) is 30.7 Å². The average molecular weight is 291 g/mol. The van der Waals surface area contributed by atoms with Crippen LogP contribution in [0, 0.1) is 5.82 Å². The van der Waals surface area contributed by atoms with Gasteiger partial charge in [0.1, 0.15) is 11.5 Å². The van der Waals surface area contributed by atoms with E-state index >= 15 is 0 Å². The van der Waals surface area contributed by atoms with E-state index in [1.165, 1.54) is 31.4 Å². The lowest BCUT2D eigenvalue weighted by molar-refractivity contribution is 0.277. The van der Waals surface area contributed by atoms with Gasteiger partial charge in [0, 0.05) is 12.1 Å². The number of aryl methyl sites for hydroxylation is 1. The maximum absolute atomic E-state index is 13.0. The average Bonchev–Trinajstić information content (AvgIpc) is 2.91. The molecule has 0 unspecified atom stereocenters. The Morgan fingerprint density at radius 2 is 1.81 bits per heavy atom. The summed E-state index contributed by atoms with van der Waals surface area (Å²) in [6.07, 6.45) is 5.89. The van der Waals surface area contributed by atoms with Gasteiger partial charge >= 0.3 is 0 Å². The summed E-state index contributed by atoms with van der Waals surface area (Å²) in [4.78, 5) is 0. The van der Waals surface area contributed by atoms with Crippen molar-refractivity contribution in [1.29, 1.82) is 0 Å². The Morgan fingerprint density at radius 1 is 1.10 bits per heavy atom. The van der Waals surface area contributed by atoms with Crippen LogP contribution >= 0.6 is 0 Å². The normalized spacial score (nSPS) is 11.0. The van der Waals surface area contributed by atoms with Crippen molar-refractivity contribution in [3.63, 3.8) is 0 Å². The Bertz CT molecular complexity index is 551. The number of hydrogen-bond donors (Lipinski definition) is 1. The van der Waals surface area contributed by atoms with Crippen LogP contribution in [-0.4, -0.2) is 20.1 Å². The van der Waals surface area contributed by atoms with E-state index in [1.54, 1.807) is 12.1 Å². The predicted molar refractivity (Wildman–Crippen MR) is 80.1 cm³/mol. The zero-order valence-corrected chi connectivity index (χ0v) is 12.4. The highest BCUT2D eigenvalue weighted by atomic mass is 19.1. The molecule has 1 aromatic carbocycles. The Hall–Kier alpha value is -1.75. The fourth-order valence-electron chi connectivity index (χ4n) is 2.40. The first kappa shape index (κ1) is 15.6. The van der Waals surface area contributed by atoms with Crippen molar-refractivity contribution in [3.05, 3.63) is 35.8 Å². The Labute approximate surface area is 124 Å². The Morgan fingerprint density at radius 3 is 2.48 bits per heavy atom. The SMILES string of the molecule is CCCCCCCn1nnc(CO)c1-c1ccc(F)cc1. The first-order chi connectivity index (χ1) is 10.3. The number of hydrogen-bond acceptors (Lipinski definition) is 3.